The van der Waals surface area contributed by atoms with Gasteiger partial charge < -0.3 is 59.5 Å². The van der Waals surface area contributed by atoms with Gasteiger partial charge in [0.1, 0.15) is 40.7 Å². The van der Waals surface area contributed by atoms with E-state index in [1.54, 1.807) is 25.1 Å². The van der Waals surface area contributed by atoms with Crippen LogP contribution >= 0.6 is 0 Å². The van der Waals surface area contributed by atoms with Gasteiger partial charge in [0.05, 0.1) is 30.9 Å². The van der Waals surface area contributed by atoms with E-state index in [0.717, 1.165) is 118 Å². The first-order valence-electron chi connectivity index (χ1n) is 34.7. The highest BCUT2D eigenvalue weighted by atomic mass is 16.5. The van der Waals surface area contributed by atoms with Gasteiger partial charge in [-0.25, -0.2) is 0 Å². The third-order valence-electron chi connectivity index (χ3n) is 24.2. The van der Waals surface area contributed by atoms with Crippen molar-refractivity contribution in [2.24, 2.45) is 39.9 Å². The maximum atomic E-state index is 15.9. The number of phenolic OH excluding ortho intramolecular Hbond substituents is 3. The Hall–Kier alpha value is -8.45. The van der Waals surface area contributed by atoms with E-state index >= 15 is 4.79 Å². The van der Waals surface area contributed by atoms with Crippen LogP contribution in [0.25, 0.3) is 10.8 Å². The largest absolute Gasteiger partial charge is 0.508 e. The molecule has 6 aliphatic heterocycles. The number of anilines is 1. The fraction of sp³-hybridized carbons (Fsp3) is 0.463. The standard InChI is InChI=1S/C80H88N4O11/c1-46-8-5-10-57-11-7-13-63-65-42-81-41-56(65)39-80(46,57)23-19-61(94-48(3)87)35-60(90)36-68-54-32-70(91)76(72(33-54)93-4)95-71-37-59(89)31-53-29-50(14-15-62(53)71)55(44-85)28-49-18-22-78(38-49)24-25-79(45-78)40-69-75-64(77(79)92)16-17-67(66(75)43-84(68)69)83(27-21-47(2)86)73-34-52(20-26-82-73)74(63)51-9-6-12-58(88)30-51/h5-6,8-10,12,16-17,20,30-34,37,41-43,46,49-50,55,61,63,68,74,77,81-82,85,88-89,91-92H,11,14-15,18-19,21-29,35-36,38-40,44-45H2,1-4H3. The number of aliphatic hydroxyl groups excluding tert-OH is 2. The van der Waals surface area contributed by atoms with Crippen LogP contribution in [0.5, 0.6) is 34.5 Å². The van der Waals surface area contributed by atoms with Crippen LogP contribution in [0, 0.1) is 51.8 Å². The van der Waals surface area contributed by atoms with Gasteiger partial charge in [-0.15, -0.1) is 0 Å². The second kappa shape index (κ2) is 24.6. The number of dihydropyridines is 1. The van der Waals surface area contributed by atoms with E-state index in [1.807, 2.05) is 24.3 Å². The molecule has 2 aromatic heterocycles. The van der Waals surface area contributed by atoms with Crippen molar-refractivity contribution in [1.29, 1.82) is 0 Å². The fourth-order valence-electron chi connectivity index (χ4n) is 19.6. The summed E-state index contributed by atoms with van der Waals surface area (Å²) in [5.74, 6) is 8.21. The molecular weight excluding hydrogens is 1190 g/mol. The number of ether oxygens (including phenoxy) is 3. The molecule has 12 aliphatic rings. The molecule has 6 aromatic rings. The summed E-state index contributed by atoms with van der Waals surface area (Å²) in [7, 11) is 1.52. The van der Waals surface area contributed by atoms with Crippen molar-refractivity contribution in [2.45, 2.75) is 166 Å². The second-order valence-corrected chi connectivity index (χ2v) is 29.7. The first-order valence-corrected chi connectivity index (χ1v) is 34.7. The van der Waals surface area contributed by atoms with Gasteiger partial charge >= 0.3 is 5.97 Å². The first-order chi connectivity index (χ1) is 45.9. The lowest BCUT2D eigenvalue weighted by atomic mass is 9.61. The summed E-state index contributed by atoms with van der Waals surface area (Å²) >= 11 is 0. The molecule has 18 rings (SSSR count). The number of aliphatic hydroxyl groups is 2. The van der Waals surface area contributed by atoms with Gasteiger partial charge in [-0.3, -0.25) is 14.4 Å². The Morgan fingerprint density at radius 3 is 2.60 bits per heavy atom. The summed E-state index contributed by atoms with van der Waals surface area (Å²) in [4.78, 5) is 48.5. The number of nitrogens with one attached hydrogen (secondary N) is 2. The van der Waals surface area contributed by atoms with E-state index in [9.17, 15) is 35.1 Å². The van der Waals surface area contributed by atoms with Crippen molar-refractivity contribution in [1.82, 2.24) is 14.9 Å². The fourth-order valence-corrected chi connectivity index (χ4v) is 19.6. The number of carbonyl (C=O) groups excluding carboxylic acids is 3. The number of carbonyl (C=O) groups is 3. The van der Waals surface area contributed by atoms with Crippen LogP contribution in [-0.4, -0.2) is 85.5 Å². The lowest BCUT2D eigenvalue weighted by molar-refractivity contribution is -0.148. The molecule has 12 atom stereocenters. The number of allylic oxidation sites excluding steroid dienone is 6. The third kappa shape index (κ3) is 11.2. The van der Waals surface area contributed by atoms with Crippen molar-refractivity contribution in [2.75, 3.05) is 31.7 Å². The van der Waals surface area contributed by atoms with Crippen molar-refractivity contribution in [3.05, 3.63) is 171 Å². The molecule has 16 bridgehead atoms. The number of hydrogen-bond donors (Lipinski definition) is 7. The number of Topliss-reactive ketones (excluding diaryl/α,β-unsaturated/α-hetero) is 2. The zero-order valence-electron chi connectivity index (χ0n) is 55.0. The summed E-state index contributed by atoms with van der Waals surface area (Å²) in [6.45, 7) is 6.07. The Kier molecular flexibility index (Phi) is 16.2. The number of H-pyrrole nitrogens is 1. The zero-order valence-corrected chi connectivity index (χ0v) is 55.0. The SMILES string of the molecule is COc1cc2cc(O)c1Oc1cc(O)cc3c1CCC(C3)C(CO)CC1CCC3(CCC4(Cc5c6c(ccc7c6cn5C2CC(=O)CC(OC(C)=O)CCC25Cc6c[nH]cc6C(C#CCC2=CC=CC5C)C(c2cccc(O)c2)C2=CCNC(=C2)N7CCC(C)=O)C4O)C3)C1. The number of aromatic amines is 1. The first kappa shape index (κ1) is 62.7. The molecule has 2 saturated carbocycles. The summed E-state index contributed by atoms with van der Waals surface area (Å²) in [5.41, 5.74) is 9.08. The summed E-state index contributed by atoms with van der Waals surface area (Å²) in [6.07, 6.45) is 26.9. The maximum absolute atomic E-state index is 15.9. The summed E-state index contributed by atoms with van der Waals surface area (Å²) < 4.78 is 21.5. The molecule has 12 unspecified atom stereocenters. The number of hydrogen-bond acceptors (Lipinski definition) is 13. The van der Waals surface area contributed by atoms with Crippen LogP contribution in [0.15, 0.2) is 127 Å². The lowest BCUT2D eigenvalue weighted by Crippen LogP contribution is -2.37. The Balaban J connectivity index is 0.962. The predicted octanol–water partition coefficient (Wildman–Crippen LogP) is 14.0. The number of aromatic nitrogens is 2. The number of methoxy groups -OCH3 is 1. The van der Waals surface area contributed by atoms with Crippen LogP contribution < -0.4 is 19.7 Å². The molecule has 95 heavy (non-hydrogen) atoms. The van der Waals surface area contributed by atoms with Gasteiger partial charge in [0, 0.05) is 110 Å². The molecule has 3 spiro atoms. The van der Waals surface area contributed by atoms with Crippen molar-refractivity contribution in [3.63, 3.8) is 0 Å². The topological polar surface area (TPSA) is 216 Å². The van der Waals surface area contributed by atoms with Crippen LogP contribution in [0.2, 0.25) is 0 Å². The number of benzene rings is 4. The minimum atomic E-state index is -0.838. The maximum Gasteiger partial charge on any atom is 0.302 e. The molecule has 0 amide bonds. The van der Waals surface area contributed by atoms with Gasteiger partial charge in [-0.2, -0.15) is 0 Å². The Labute approximate surface area is 556 Å². The monoisotopic (exact) mass is 1280 g/mol. The molecule has 8 heterocycles. The quantitative estimate of drug-likeness (QED) is 0.0586. The van der Waals surface area contributed by atoms with Gasteiger partial charge in [-0.05, 0) is 213 Å². The van der Waals surface area contributed by atoms with E-state index in [0.29, 0.717) is 75.3 Å². The third-order valence-corrected chi connectivity index (χ3v) is 24.2. The predicted molar refractivity (Wildman–Crippen MR) is 363 cm³/mol. The van der Waals surface area contributed by atoms with Crippen LogP contribution in [0.4, 0.5) is 5.69 Å². The van der Waals surface area contributed by atoms with Crippen molar-refractivity contribution in [3.8, 4) is 46.3 Å². The Morgan fingerprint density at radius 2 is 1.78 bits per heavy atom. The van der Waals surface area contributed by atoms with Crippen molar-refractivity contribution < 1.29 is 54.1 Å². The van der Waals surface area contributed by atoms with Crippen molar-refractivity contribution >= 4 is 34.0 Å². The molecular formula is C80H88N4O11. The highest BCUT2D eigenvalue weighted by Gasteiger charge is 2.57. The van der Waals surface area contributed by atoms with E-state index in [4.69, 9.17) is 14.2 Å². The number of aromatic hydroxyl groups is 3. The second-order valence-electron chi connectivity index (χ2n) is 29.7. The van der Waals surface area contributed by atoms with Crippen LogP contribution in [0.3, 0.4) is 0 Å². The normalized spacial score (nSPS) is 29.9. The lowest BCUT2D eigenvalue weighted by Gasteiger charge is -2.43. The number of nitrogens with zero attached hydrogens (tertiary/aromatic N) is 2. The highest BCUT2D eigenvalue weighted by molar-refractivity contribution is 6.00. The van der Waals surface area contributed by atoms with Crippen LogP contribution in [-0.2, 0) is 44.8 Å². The summed E-state index contributed by atoms with van der Waals surface area (Å²) in [6, 6.07) is 17.8. The molecule has 15 nitrogen and oxygen atoms in total. The van der Waals surface area contributed by atoms with Gasteiger partial charge in [0.15, 0.2) is 11.5 Å². The average Bonchev–Trinajstić information content (AvgIpc) is 1.56. The van der Waals surface area contributed by atoms with E-state index < -0.39 is 35.0 Å². The highest BCUT2D eigenvalue weighted by Crippen LogP contribution is 2.67. The molecule has 7 N–H and O–H groups in total. The number of ketones is 2. The molecule has 4 aromatic carbocycles. The summed E-state index contributed by atoms with van der Waals surface area (Å²) in [5, 5.41) is 65.5. The molecule has 6 aliphatic carbocycles. The van der Waals surface area contributed by atoms with E-state index in [2.05, 4.69) is 106 Å². The smallest absolute Gasteiger partial charge is 0.302 e. The Bertz CT molecular complexity index is 4290. The molecule has 494 valence electrons. The van der Waals surface area contributed by atoms with Gasteiger partial charge in [0.2, 0.25) is 5.75 Å². The molecule has 0 saturated heterocycles. The number of rotatable bonds is 7. The molecule has 0 radical (unpaired) electrons. The number of esters is 1. The van der Waals surface area contributed by atoms with Crippen LogP contribution in [0.1, 0.15) is 179 Å². The van der Waals surface area contributed by atoms with Gasteiger partial charge in [0.25, 0.3) is 0 Å². The van der Waals surface area contributed by atoms with Gasteiger partial charge in [-0.1, -0.05) is 66.8 Å². The van der Waals surface area contributed by atoms with E-state index in [1.165, 1.54) is 19.6 Å². The minimum Gasteiger partial charge on any atom is -0.508 e. The molecule has 2 fully saturated rings. The number of phenols is 3. The molecule has 15 heteroatoms. The minimum absolute atomic E-state index is 0.0125. The number of fused-ring (bicyclic) bond motifs is 1. The average molecular weight is 1280 g/mol. The van der Waals surface area contributed by atoms with E-state index in [-0.39, 0.29) is 101 Å². The zero-order chi connectivity index (χ0) is 65.7. The Morgan fingerprint density at radius 1 is 0.905 bits per heavy atom.